The molecule has 0 aliphatic carbocycles. The minimum atomic E-state index is -0.481. The van der Waals surface area contributed by atoms with Gasteiger partial charge in [0.2, 0.25) is 5.91 Å². The first-order valence-corrected chi connectivity index (χ1v) is 5.72. The molecular weight excluding hydrogens is 238 g/mol. The fourth-order valence-corrected chi connectivity index (χ4v) is 1.35. The lowest BCUT2D eigenvalue weighted by Crippen LogP contribution is -2.04. The molecule has 2 N–H and O–H groups in total. The number of primary amides is 1. The van der Waals surface area contributed by atoms with Crippen molar-refractivity contribution in [2.24, 2.45) is 5.73 Å². The summed E-state index contributed by atoms with van der Waals surface area (Å²) in [6.07, 6.45) is 1.06. The molecule has 0 heterocycles. The second-order valence-corrected chi connectivity index (χ2v) is 3.67. The van der Waals surface area contributed by atoms with Crippen LogP contribution < -0.4 is 5.73 Å². The predicted octanol–water partition coefficient (Wildman–Crippen LogP) is 2.58. The molecule has 0 saturated carbocycles. The maximum absolute atomic E-state index is 11.8. The van der Waals surface area contributed by atoms with Gasteiger partial charge in [0.05, 0.1) is 0 Å². The standard InChI is InChI=1S/C13H10O.C3H5NO/c14-13(11-7-3-1-4-8-11)12-9-5-2-6-10-12;1-2-3(4)5/h1-10H;2H,1H2,(H2,4,5). The lowest BCUT2D eigenvalue weighted by atomic mass is 10.0. The summed E-state index contributed by atoms with van der Waals surface area (Å²) >= 11 is 0. The van der Waals surface area contributed by atoms with Gasteiger partial charge < -0.3 is 5.73 Å². The fourth-order valence-electron chi connectivity index (χ4n) is 1.35. The van der Waals surface area contributed by atoms with Crippen LogP contribution in [0.3, 0.4) is 0 Å². The van der Waals surface area contributed by atoms with Crippen LogP contribution in [0.2, 0.25) is 0 Å². The van der Waals surface area contributed by atoms with Gasteiger partial charge in [-0.2, -0.15) is 0 Å². The highest BCUT2D eigenvalue weighted by Gasteiger charge is 2.06. The molecule has 2 rings (SSSR count). The van der Waals surface area contributed by atoms with Crippen molar-refractivity contribution in [2.45, 2.75) is 0 Å². The highest BCUT2D eigenvalue weighted by molar-refractivity contribution is 6.08. The second-order valence-electron chi connectivity index (χ2n) is 3.67. The average Bonchev–Trinajstić information content (AvgIpc) is 2.49. The Balaban J connectivity index is 0.000000312. The van der Waals surface area contributed by atoms with Crippen molar-refractivity contribution in [1.82, 2.24) is 0 Å². The molecule has 0 aromatic heterocycles. The number of hydrogen-bond acceptors (Lipinski definition) is 2. The van der Waals surface area contributed by atoms with Gasteiger partial charge in [0, 0.05) is 11.1 Å². The second kappa shape index (κ2) is 7.61. The first-order valence-electron chi connectivity index (χ1n) is 5.72. The summed E-state index contributed by atoms with van der Waals surface area (Å²) in [6, 6.07) is 18.6. The van der Waals surface area contributed by atoms with Crippen LogP contribution in [0.25, 0.3) is 0 Å². The lowest BCUT2D eigenvalue weighted by molar-refractivity contribution is -0.113. The van der Waals surface area contributed by atoms with Crippen molar-refractivity contribution < 1.29 is 9.59 Å². The maximum atomic E-state index is 11.8. The van der Waals surface area contributed by atoms with Gasteiger partial charge in [-0.05, 0) is 6.08 Å². The zero-order valence-electron chi connectivity index (χ0n) is 10.5. The molecule has 0 unspecified atom stereocenters. The first-order chi connectivity index (χ1) is 9.15. The molecule has 0 spiro atoms. The molecule has 2 aromatic carbocycles. The van der Waals surface area contributed by atoms with E-state index in [1.807, 2.05) is 60.7 Å². The van der Waals surface area contributed by atoms with E-state index in [0.717, 1.165) is 17.2 Å². The minimum absolute atomic E-state index is 0.0752. The molecule has 19 heavy (non-hydrogen) atoms. The van der Waals surface area contributed by atoms with Crippen LogP contribution >= 0.6 is 0 Å². The van der Waals surface area contributed by atoms with Crippen LogP contribution in [0, 0.1) is 0 Å². The number of carbonyl (C=O) groups excluding carboxylic acids is 2. The maximum Gasteiger partial charge on any atom is 0.240 e. The third-order valence-corrected chi connectivity index (χ3v) is 2.27. The van der Waals surface area contributed by atoms with E-state index in [0.29, 0.717) is 0 Å². The third kappa shape index (κ3) is 5.00. The van der Waals surface area contributed by atoms with Gasteiger partial charge in [0.15, 0.2) is 5.78 Å². The third-order valence-electron chi connectivity index (χ3n) is 2.27. The molecule has 0 saturated heterocycles. The Morgan fingerprint density at radius 2 is 1.16 bits per heavy atom. The van der Waals surface area contributed by atoms with Crippen LogP contribution in [-0.4, -0.2) is 11.7 Å². The highest BCUT2D eigenvalue weighted by Crippen LogP contribution is 2.08. The lowest BCUT2D eigenvalue weighted by Gasteiger charge is -1.99. The Morgan fingerprint density at radius 1 is 0.842 bits per heavy atom. The Labute approximate surface area is 112 Å². The van der Waals surface area contributed by atoms with E-state index in [-0.39, 0.29) is 5.78 Å². The summed E-state index contributed by atoms with van der Waals surface area (Å²) < 4.78 is 0. The number of nitrogens with two attached hydrogens (primary N) is 1. The van der Waals surface area contributed by atoms with E-state index >= 15 is 0 Å². The molecule has 96 valence electrons. The topological polar surface area (TPSA) is 60.2 Å². The summed E-state index contributed by atoms with van der Waals surface area (Å²) in [7, 11) is 0. The van der Waals surface area contributed by atoms with Crippen LogP contribution in [0.1, 0.15) is 15.9 Å². The molecule has 0 atom stereocenters. The average molecular weight is 253 g/mol. The monoisotopic (exact) mass is 253 g/mol. The van der Waals surface area contributed by atoms with Crippen molar-refractivity contribution in [3.63, 3.8) is 0 Å². The molecule has 3 nitrogen and oxygen atoms in total. The van der Waals surface area contributed by atoms with Gasteiger partial charge in [-0.1, -0.05) is 67.2 Å². The molecule has 0 fully saturated rings. The Hall–Kier alpha value is -2.68. The Morgan fingerprint density at radius 3 is 1.42 bits per heavy atom. The van der Waals surface area contributed by atoms with E-state index in [1.165, 1.54) is 0 Å². The normalized spacial score (nSPS) is 8.84. The molecule has 0 bridgehead atoms. The minimum Gasteiger partial charge on any atom is -0.366 e. The van der Waals surface area contributed by atoms with Gasteiger partial charge in [-0.15, -0.1) is 0 Å². The largest absolute Gasteiger partial charge is 0.366 e. The quantitative estimate of drug-likeness (QED) is 0.675. The molecule has 0 aliphatic heterocycles. The Kier molecular flexibility index (Phi) is 5.76. The predicted molar refractivity (Wildman–Crippen MR) is 75.7 cm³/mol. The zero-order valence-corrected chi connectivity index (χ0v) is 10.5. The van der Waals surface area contributed by atoms with Gasteiger partial charge >= 0.3 is 0 Å². The molecule has 1 amide bonds. The highest BCUT2D eigenvalue weighted by atomic mass is 16.1. The smallest absolute Gasteiger partial charge is 0.240 e. The van der Waals surface area contributed by atoms with Crippen LogP contribution in [-0.2, 0) is 4.79 Å². The van der Waals surface area contributed by atoms with E-state index in [2.05, 4.69) is 12.3 Å². The van der Waals surface area contributed by atoms with Crippen LogP contribution in [0.4, 0.5) is 0 Å². The van der Waals surface area contributed by atoms with E-state index in [4.69, 9.17) is 0 Å². The molecule has 2 aromatic rings. The van der Waals surface area contributed by atoms with Crippen molar-refractivity contribution in [2.75, 3.05) is 0 Å². The van der Waals surface area contributed by atoms with Gasteiger partial charge in [0.1, 0.15) is 0 Å². The number of carbonyl (C=O) groups is 2. The van der Waals surface area contributed by atoms with Crippen LogP contribution in [0.5, 0.6) is 0 Å². The Bertz CT molecular complexity index is 506. The zero-order chi connectivity index (χ0) is 14.1. The van der Waals surface area contributed by atoms with Crippen molar-refractivity contribution in [3.05, 3.63) is 84.4 Å². The SMILES string of the molecule is C=CC(N)=O.O=C(c1ccccc1)c1ccccc1. The van der Waals surface area contributed by atoms with E-state index in [1.54, 1.807) is 0 Å². The molecule has 0 radical (unpaired) electrons. The van der Waals surface area contributed by atoms with Crippen molar-refractivity contribution in [1.29, 1.82) is 0 Å². The number of hydrogen-bond donors (Lipinski definition) is 1. The number of ketones is 1. The van der Waals surface area contributed by atoms with Crippen LogP contribution in [0.15, 0.2) is 73.3 Å². The first kappa shape index (κ1) is 14.4. The molecule has 3 heteroatoms. The summed E-state index contributed by atoms with van der Waals surface area (Å²) in [6.45, 7) is 3.09. The molecule has 0 aliphatic rings. The van der Waals surface area contributed by atoms with E-state index in [9.17, 15) is 9.59 Å². The number of rotatable bonds is 3. The fraction of sp³-hybridized carbons (Fsp3) is 0. The van der Waals surface area contributed by atoms with Crippen molar-refractivity contribution >= 4 is 11.7 Å². The summed E-state index contributed by atoms with van der Waals surface area (Å²) in [5.74, 6) is -0.406. The summed E-state index contributed by atoms with van der Waals surface area (Å²) in [5.41, 5.74) is 6.00. The van der Waals surface area contributed by atoms with Gasteiger partial charge in [-0.25, -0.2) is 0 Å². The number of benzene rings is 2. The summed E-state index contributed by atoms with van der Waals surface area (Å²) in [4.78, 5) is 21.3. The van der Waals surface area contributed by atoms with Gasteiger partial charge in [-0.3, -0.25) is 9.59 Å². The van der Waals surface area contributed by atoms with E-state index < -0.39 is 5.91 Å². The molecular formula is C16H15NO2. The van der Waals surface area contributed by atoms with Crippen molar-refractivity contribution in [3.8, 4) is 0 Å². The van der Waals surface area contributed by atoms with Gasteiger partial charge in [0.25, 0.3) is 0 Å². The number of amides is 1. The summed E-state index contributed by atoms with van der Waals surface area (Å²) in [5, 5.41) is 0.